The number of hydrogen-bond acceptors (Lipinski definition) is 0. The van der Waals surface area contributed by atoms with E-state index < -0.39 is 0 Å². The fraction of sp³-hybridized carbons (Fsp3) is 0.889. The van der Waals surface area contributed by atoms with Crippen molar-refractivity contribution < 1.29 is 0 Å². The van der Waals surface area contributed by atoms with E-state index in [0.29, 0.717) is 5.92 Å². The highest BCUT2D eigenvalue weighted by molar-refractivity contribution is 4.89. The van der Waals surface area contributed by atoms with Crippen molar-refractivity contribution in [3.05, 3.63) is 12.7 Å². The molecule has 0 spiro atoms. The molecule has 0 nitrogen and oxygen atoms in total. The summed E-state index contributed by atoms with van der Waals surface area (Å²) >= 11 is 0. The summed E-state index contributed by atoms with van der Waals surface area (Å²) in [6.45, 7) is 10.9. The third-order valence-corrected chi connectivity index (χ3v) is 4.84. The van der Waals surface area contributed by atoms with Crippen LogP contribution in [0.15, 0.2) is 12.7 Å². The highest BCUT2D eigenvalue weighted by Crippen LogP contribution is 2.48. The highest BCUT2D eigenvalue weighted by Gasteiger charge is 2.39. The molecule has 0 bridgehead atoms. The van der Waals surface area contributed by atoms with Crippen LogP contribution in [0, 0.1) is 23.7 Å². The summed E-state index contributed by atoms with van der Waals surface area (Å²) in [7, 11) is 0. The molecule has 0 N–H and O–H groups in total. The third-order valence-electron chi connectivity index (χ3n) is 4.84. The first kappa shape index (κ1) is 15.8. The van der Waals surface area contributed by atoms with Gasteiger partial charge < -0.3 is 0 Å². The summed E-state index contributed by atoms with van der Waals surface area (Å²) in [5.41, 5.74) is 0. The van der Waals surface area contributed by atoms with Gasteiger partial charge in [0.2, 0.25) is 0 Å². The lowest BCUT2D eigenvalue weighted by Gasteiger charge is -2.11. The molecule has 4 unspecified atom stereocenters. The normalized spacial score (nSPS) is 25.7. The van der Waals surface area contributed by atoms with Crippen LogP contribution in [0.5, 0.6) is 0 Å². The Morgan fingerprint density at radius 1 is 1.11 bits per heavy atom. The van der Waals surface area contributed by atoms with Crippen molar-refractivity contribution >= 4 is 0 Å². The predicted octanol–water partition coefficient (Wildman–Crippen LogP) is 6.22. The Hall–Kier alpha value is -0.260. The van der Waals surface area contributed by atoms with E-state index in [9.17, 15) is 0 Å². The molecule has 0 aromatic heterocycles. The van der Waals surface area contributed by atoms with Gasteiger partial charge in [-0.25, -0.2) is 0 Å². The average molecular weight is 250 g/mol. The summed E-state index contributed by atoms with van der Waals surface area (Å²) in [6, 6.07) is 0. The Labute approximate surface area is 115 Å². The van der Waals surface area contributed by atoms with Gasteiger partial charge in [-0.15, -0.1) is 6.58 Å². The van der Waals surface area contributed by atoms with Gasteiger partial charge in [-0.2, -0.15) is 0 Å². The van der Waals surface area contributed by atoms with Gasteiger partial charge in [0.25, 0.3) is 0 Å². The standard InChI is InChI=1S/C18H34/c1-5-11-17-14-18(17)16(4)13-10-8-7-9-12-15(3)6-2/h6,15-18H,2,5,7-14H2,1,3-4H3. The lowest BCUT2D eigenvalue weighted by molar-refractivity contribution is 0.409. The van der Waals surface area contributed by atoms with E-state index >= 15 is 0 Å². The molecule has 0 saturated heterocycles. The van der Waals surface area contributed by atoms with E-state index in [2.05, 4.69) is 33.4 Å². The number of unbranched alkanes of at least 4 members (excludes halogenated alkanes) is 3. The number of hydrogen-bond donors (Lipinski definition) is 0. The molecule has 4 atom stereocenters. The Kier molecular flexibility index (Phi) is 7.70. The maximum atomic E-state index is 3.85. The summed E-state index contributed by atoms with van der Waals surface area (Å²) in [6.07, 6.45) is 15.0. The van der Waals surface area contributed by atoms with Crippen LogP contribution < -0.4 is 0 Å². The van der Waals surface area contributed by atoms with Crippen molar-refractivity contribution in [2.45, 2.75) is 78.6 Å². The van der Waals surface area contributed by atoms with Crippen LogP contribution in [0.3, 0.4) is 0 Å². The molecule has 0 heteroatoms. The molecule has 0 aromatic carbocycles. The number of allylic oxidation sites excluding steroid dienone is 1. The van der Waals surface area contributed by atoms with Crippen molar-refractivity contribution in [2.24, 2.45) is 23.7 Å². The molecule has 18 heavy (non-hydrogen) atoms. The van der Waals surface area contributed by atoms with E-state index in [4.69, 9.17) is 0 Å². The molecule has 1 fully saturated rings. The lowest BCUT2D eigenvalue weighted by atomic mass is 9.95. The van der Waals surface area contributed by atoms with Crippen molar-refractivity contribution in [1.82, 2.24) is 0 Å². The van der Waals surface area contributed by atoms with Crippen LogP contribution in [0.1, 0.15) is 78.6 Å². The Balaban J connectivity index is 1.90. The minimum Gasteiger partial charge on any atom is -0.103 e. The zero-order valence-electron chi connectivity index (χ0n) is 13.0. The molecule has 0 amide bonds. The molecule has 0 aliphatic heterocycles. The van der Waals surface area contributed by atoms with Gasteiger partial charge in [-0.1, -0.05) is 71.8 Å². The Morgan fingerprint density at radius 2 is 1.78 bits per heavy atom. The van der Waals surface area contributed by atoms with Gasteiger partial charge in [0.15, 0.2) is 0 Å². The lowest BCUT2D eigenvalue weighted by Crippen LogP contribution is -1.99. The molecule has 0 radical (unpaired) electrons. The summed E-state index contributed by atoms with van der Waals surface area (Å²) < 4.78 is 0. The molecule has 1 aliphatic rings. The van der Waals surface area contributed by atoms with Crippen molar-refractivity contribution in [3.63, 3.8) is 0 Å². The zero-order valence-corrected chi connectivity index (χ0v) is 13.0. The first-order chi connectivity index (χ1) is 8.69. The minimum absolute atomic E-state index is 0.713. The van der Waals surface area contributed by atoms with Gasteiger partial charge in [-0.3, -0.25) is 0 Å². The first-order valence-corrected chi connectivity index (χ1v) is 8.31. The average Bonchev–Trinajstić information content (AvgIpc) is 3.12. The smallest absolute Gasteiger partial charge is 0.0265 e. The second-order valence-corrected chi connectivity index (χ2v) is 6.63. The molecule has 106 valence electrons. The second kappa shape index (κ2) is 8.77. The number of rotatable bonds is 11. The summed E-state index contributed by atoms with van der Waals surface area (Å²) in [4.78, 5) is 0. The minimum atomic E-state index is 0.713. The Bertz CT molecular complexity index is 218. The fourth-order valence-electron chi connectivity index (χ4n) is 3.29. The topological polar surface area (TPSA) is 0 Å². The third kappa shape index (κ3) is 6.07. The molecule has 1 rings (SSSR count). The van der Waals surface area contributed by atoms with Gasteiger partial charge >= 0.3 is 0 Å². The van der Waals surface area contributed by atoms with Crippen LogP contribution >= 0.6 is 0 Å². The van der Waals surface area contributed by atoms with E-state index in [-0.39, 0.29) is 0 Å². The SMILES string of the molecule is C=CC(C)CCCCCCC(C)C1CC1CCC. The van der Waals surface area contributed by atoms with E-state index in [1.54, 1.807) is 0 Å². The van der Waals surface area contributed by atoms with Gasteiger partial charge in [0, 0.05) is 0 Å². The van der Waals surface area contributed by atoms with Crippen molar-refractivity contribution in [2.75, 3.05) is 0 Å². The van der Waals surface area contributed by atoms with Crippen LogP contribution in [-0.4, -0.2) is 0 Å². The molecule has 1 aliphatic carbocycles. The summed E-state index contributed by atoms with van der Waals surface area (Å²) in [5.74, 6) is 3.89. The van der Waals surface area contributed by atoms with Crippen LogP contribution in [0.4, 0.5) is 0 Å². The van der Waals surface area contributed by atoms with Crippen molar-refractivity contribution in [3.8, 4) is 0 Å². The molecular formula is C18H34. The van der Waals surface area contributed by atoms with Gasteiger partial charge in [0.1, 0.15) is 0 Å². The first-order valence-electron chi connectivity index (χ1n) is 8.31. The molecule has 1 saturated carbocycles. The largest absolute Gasteiger partial charge is 0.103 e. The summed E-state index contributed by atoms with van der Waals surface area (Å²) in [5, 5.41) is 0. The molecular weight excluding hydrogens is 216 g/mol. The van der Waals surface area contributed by atoms with E-state index in [1.807, 2.05) is 0 Å². The van der Waals surface area contributed by atoms with Crippen LogP contribution in [0.25, 0.3) is 0 Å². The fourth-order valence-corrected chi connectivity index (χ4v) is 3.29. The maximum Gasteiger partial charge on any atom is -0.0265 e. The molecule has 0 aromatic rings. The monoisotopic (exact) mass is 250 g/mol. The zero-order chi connectivity index (χ0) is 13.4. The van der Waals surface area contributed by atoms with Gasteiger partial charge in [0.05, 0.1) is 0 Å². The molecule has 0 heterocycles. The van der Waals surface area contributed by atoms with Crippen LogP contribution in [-0.2, 0) is 0 Å². The van der Waals surface area contributed by atoms with Crippen LogP contribution in [0.2, 0.25) is 0 Å². The van der Waals surface area contributed by atoms with Crippen molar-refractivity contribution in [1.29, 1.82) is 0 Å². The highest BCUT2D eigenvalue weighted by atomic mass is 14.4. The predicted molar refractivity (Wildman–Crippen MR) is 82.7 cm³/mol. The van der Waals surface area contributed by atoms with E-state index in [0.717, 1.165) is 17.8 Å². The maximum absolute atomic E-state index is 3.85. The van der Waals surface area contributed by atoms with E-state index in [1.165, 1.54) is 57.8 Å². The second-order valence-electron chi connectivity index (χ2n) is 6.63. The van der Waals surface area contributed by atoms with Gasteiger partial charge in [-0.05, 0) is 36.5 Å². The quantitative estimate of drug-likeness (QED) is 0.301. The Morgan fingerprint density at radius 3 is 2.39 bits per heavy atom.